The van der Waals surface area contributed by atoms with Gasteiger partial charge >= 0.3 is 0 Å². The number of hydrogen-bond donors (Lipinski definition) is 3. The van der Waals surface area contributed by atoms with Gasteiger partial charge in [0.15, 0.2) is 5.96 Å². The molecular weight excluding hydrogens is 408 g/mol. The third kappa shape index (κ3) is 7.98. The first-order valence-electron chi connectivity index (χ1n) is 9.88. The molecule has 8 nitrogen and oxygen atoms in total. The monoisotopic (exact) mass is 436 g/mol. The van der Waals surface area contributed by atoms with Crippen LogP contribution in [0, 0.1) is 0 Å². The molecule has 0 radical (unpaired) electrons. The van der Waals surface area contributed by atoms with Crippen LogP contribution in [0.4, 0.5) is 5.82 Å². The number of pyridine rings is 1. The molecule has 0 bridgehead atoms. The zero-order chi connectivity index (χ0) is 23.3. The van der Waals surface area contributed by atoms with Crippen LogP contribution in [0.25, 0.3) is 0 Å². The molecule has 8 heteroatoms. The van der Waals surface area contributed by atoms with Gasteiger partial charge in [-0.1, -0.05) is 42.5 Å². The third-order valence-electron chi connectivity index (χ3n) is 4.27. The molecule has 0 atom stereocenters. The van der Waals surface area contributed by atoms with Crippen molar-refractivity contribution in [3.05, 3.63) is 83.6 Å². The van der Waals surface area contributed by atoms with Crippen molar-refractivity contribution < 1.29 is 19.4 Å². The third-order valence-corrected chi connectivity index (χ3v) is 4.27. The van der Waals surface area contributed by atoms with Crippen molar-refractivity contribution in [2.24, 2.45) is 10.7 Å². The van der Waals surface area contributed by atoms with E-state index in [2.05, 4.69) is 27.4 Å². The van der Waals surface area contributed by atoms with Gasteiger partial charge in [0, 0.05) is 13.1 Å². The average molecular weight is 437 g/mol. The van der Waals surface area contributed by atoms with E-state index in [0.29, 0.717) is 23.9 Å². The topological polar surface area (TPSA) is 119 Å². The van der Waals surface area contributed by atoms with E-state index in [1.807, 2.05) is 54.7 Å². The summed E-state index contributed by atoms with van der Waals surface area (Å²) in [7, 11) is 3.23. The maximum Gasteiger partial charge on any atom is 0.300 e. The van der Waals surface area contributed by atoms with E-state index in [4.69, 9.17) is 25.1 Å². The standard InChI is InChI=1S/C22H24N4O2.C2H4O2/c1-27-19-9-6-10-20(28-2)18(19)15-25-22(23)26-21-12-11-17(14-24-21)13-16-7-4-3-5-8-16;1-2(3)4/h3-12,14H,13,15H2,1-2H3,(H3,23,24,25,26);1H3,(H,3,4). The fraction of sp³-hybridized carbons (Fsp3) is 0.208. The number of nitrogens with one attached hydrogen (secondary N) is 1. The molecule has 0 fully saturated rings. The number of benzene rings is 2. The van der Waals surface area contributed by atoms with Gasteiger partial charge in [-0.2, -0.15) is 0 Å². The second kappa shape index (κ2) is 12.6. The van der Waals surface area contributed by atoms with Gasteiger partial charge in [0.05, 0.1) is 26.3 Å². The molecule has 0 aliphatic heterocycles. The van der Waals surface area contributed by atoms with Crippen LogP contribution in [0.15, 0.2) is 71.9 Å². The van der Waals surface area contributed by atoms with Crippen molar-refractivity contribution in [2.75, 3.05) is 19.5 Å². The van der Waals surface area contributed by atoms with E-state index < -0.39 is 5.97 Å². The largest absolute Gasteiger partial charge is 0.496 e. The molecule has 3 rings (SSSR count). The lowest BCUT2D eigenvalue weighted by atomic mass is 10.1. The van der Waals surface area contributed by atoms with E-state index in [0.717, 1.165) is 24.5 Å². The van der Waals surface area contributed by atoms with Crippen LogP contribution in [0.2, 0.25) is 0 Å². The number of anilines is 1. The summed E-state index contributed by atoms with van der Waals surface area (Å²) < 4.78 is 10.8. The molecule has 1 aromatic heterocycles. The van der Waals surface area contributed by atoms with Gasteiger partial charge in [0.2, 0.25) is 0 Å². The van der Waals surface area contributed by atoms with Gasteiger partial charge < -0.3 is 25.6 Å². The Labute approximate surface area is 187 Å². The van der Waals surface area contributed by atoms with Crippen LogP contribution in [0.5, 0.6) is 11.5 Å². The average Bonchev–Trinajstić information content (AvgIpc) is 2.79. The molecular formula is C24H28N4O4. The van der Waals surface area contributed by atoms with Crippen LogP contribution in [-0.4, -0.2) is 36.2 Å². The summed E-state index contributed by atoms with van der Waals surface area (Å²) in [6.07, 6.45) is 2.68. The molecule has 0 spiro atoms. The smallest absolute Gasteiger partial charge is 0.300 e. The van der Waals surface area contributed by atoms with Crippen LogP contribution >= 0.6 is 0 Å². The van der Waals surface area contributed by atoms with E-state index in [9.17, 15) is 0 Å². The minimum absolute atomic E-state index is 0.274. The van der Waals surface area contributed by atoms with E-state index in [-0.39, 0.29) is 5.96 Å². The Bertz CT molecular complexity index is 996. The molecule has 0 aliphatic carbocycles. The van der Waals surface area contributed by atoms with Gasteiger partial charge in [0.1, 0.15) is 17.3 Å². The summed E-state index contributed by atoms with van der Waals surface area (Å²) >= 11 is 0. The molecule has 0 aliphatic rings. The number of nitrogens with zero attached hydrogens (tertiary/aromatic N) is 2. The SMILES string of the molecule is CC(=O)O.COc1cccc(OC)c1CN=C(N)Nc1ccc(Cc2ccccc2)cn1. The number of carboxylic acids is 1. The Balaban J connectivity index is 0.000000837. The Hall–Kier alpha value is -4.07. The van der Waals surface area contributed by atoms with Gasteiger partial charge in [-0.15, -0.1) is 0 Å². The number of guanidine groups is 1. The number of aliphatic carboxylic acids is 1. The zero-order valence-corrected chi connectivity index (χ0v) is 18.4. The summed E-state index contributed by atoms with van der Waals surface area (Å²) in [5.74, 6) is 1.50. The molecule has 0 saturated heterocycles. The summed E-state index contributed by atoms with van der Waals surface area (Å²) in [5, 5.41) is 10.4. The second-order valence-electron chi connectivity index (χ2n) is 6.70. The highest BCUT2D eigenvalue weighted by molar-refractivity contribution is 5.91. The normalized spacial score (nSPS) is 10.5. The van der Waals surface area contributed by atoms with E-state index >= 15 is 0 Å². The molecule has 2 aromatic carbocycles. The predicted octanol–water partition coefficient (Wildman–Crippen LogP) is 3.71. The number of carboxylic acid groups (broad SMARTS) is 1. The lowest BCUT2D eigenvalue weighted by molar-refractivity contribution is -0.134. The molecule has 0 unspecified atom stereocenters. The van der Waals surface area contributed by atoms with Gasteiger partial charge in [-0.05, 0) is 35.7 Å². The quantitative estimate of drug-likeness (QED) is 0.381. The fourth-order valence-electron chi connectivity index (χ4n) is 2.85. The minimum atomic E-state index is -0.833. The Kier molecular flexibility index (Phi) is 9.52. The van der Waals surface area contributed by atoms with E-state index in [1.54, 1.807) is 14.2 Å². The maximum atomic E-state index is 9.00. The van der Waals surface area contributed by atoms with E-state index in [1.165, 1.54) is 5.56 Å². The molecule has 3 aromatic rings. The van der Waals surface area contributed by atoms with Crippen molar-refractivity contribution in [1.29, 1.82) is 0 Å². The Morgan fingerprint density at radius 3 is 2.16 bits per heavy atom. The highest BCUT2D eigenvalue weighted by Gasteiger charge is 2.09. The van der Waals surface area contributed by atoms with Gasteiger partial charge in [-0.3, -0.25) is 4.79 Å². The van der Waals surface area contributed by atoms with Crippen LogP contribution in [0.1, 0.15) is 23.6 Å². The summed E-state index contributed by atoms with van der Waals surface area (Å²) in [5.41, 5.74) is 9.23. The van der Waals surface area contributed by atoms with Crippen molar-refractivity contribution in [3.63, 3.8) is 0 Å². The first-order valence-corrected chi connectivity index (χ1v) is 9.88. The molecule has 1 heterocycles. The Morgan fingerprint density at radius 1 is 1.00 bits per heavy atom. The maximum absolute atomic E-state index is 9.00. The molecule has 4 N–H and O–H groups in total. The lowest BCUT2D eigenvalue weighted by Crippen LogP contribution is -2.23. The number of methoxy groups -OCH3 is 2. The molecule has 0 amide bonds. The summed E-state index contributed by atoms with van der Waals surface area (Å²) in [6, 6.07) is 19.8. The second-order valence-corrected chi connectivity index (χ2v) is 6.70. The summed E-state index contributed by atoms with van der Waals surface area (Å²) in [6.45, 7) is 1.41. The van der Waals surface area contributed by atoms with Crippen LogP contribution in [-0.2, 0) is 17.8 Å². The number of hydrogen-bond acceptors (Lipinski definition) is 5. The Morgan fingerprint density at radius 2 is 1.62 bits per heavy atom. The first-order chi connectivity index (χ1) is 15.4. The zero-order valence-electron chi connectivity index (χ0n) is 18.4. The number of aliphatic imine (C=N–C) groups is 1. The minimum Gasteiger partial charge on any atom is -0.496 e. The van der Waals surface area contributed by atoms with Crippen LogP contribution < -0.4 is 20.5 Å². The first kappa shape index (κ1) is 24.2. The predicted molar refractivity (Wildman–Crippen MR) is 125 cm³/mol. The summed E-state index contributed by atoms with van der Waals surface area (Å²) in [4.78, 5) is 17.8. The van der Waals surface area contributed by atoms with Crippen molar-refractivity contribution in [2.45, 2.75) is 19.9 Å². The number of aromatic nitrogens is 1. The number of rotatable bonds is 7. The molecule has 32 heavy (non-hydrogen) atoms. The number of carbonyl (C=O) groups is 1. The lowest BCUT2D eigenvalue weighted by Gasteiger charge is -2.12. The van der Waals surface area contributed by atoms with Crippen molar-refractivity contribution in [3.8, 4) is 11.5 Å². The fourth-order valence-corrected chi connectivity index (χ4v) is 2.85. The van der Waals surface area contributed by atoms with Gasteiger partial charge in [0.25, 0.3) is 5.97 Å². The number of nitrogens with two attached hydrogens (primary N) is 1. The van der Waals surface area contributed by atoms with Crippen LogP contribution in [0.3, 0.4) is 0 Å². The highest BCUT2D eigenvalue weighted by atomic mass is 16.5. The molecule has 0 saturated carbocycles. The highest BCUT2D eigenvalue weighted by Crippen LogP contribution is 2.28. The van der Waals surface area contributed by atoms with Crippen molar-refractivity contribution >= 4 is 17.7 Å². The van der Waals surface area contributed by atoms with Gasteiger partial charge in [-0.25, -0.2) is 9.98 Å². The number of ether oxygens (including phenoxy) is 2. The molecule has 168 valence electrons. The van der Waals surface area contributed by atoms with Crippen molar-refractivity contribution in [1.82, 2.24) is 4.98 Å².